The van der Waals surface area contributed by atoms with Crippen LogP contribution >= 0.6 is 11.3 Å². The molecule has 2 heterocycles. The average molecular weight is 368 g/mol. The number of aliphatic hydroxyl groups excluding tert-OH is 1. The molecule has 7 nitrogen and oxygen atoms in total. The summed E-state index contributed by atoms with van der Waals surface area (Å²) in [5.74, 6) is -0.549. The zero-order valence-corrected chi connectivity index (χ0v) is 14.4. The van der Waals surface area contributed by atoms with Gasteiger partial charge in [0.15, 0.2) is 5.58 Å². The number of fused-ring (bicyclic) bond motifs is 1. The Hall–Kier alpha value is -1.94. The first-order valence-electron chi connectivity index (χ1n) is 7.19. The number of hydrogen-bond acceptors (Lipinski definition) is 6. The lowest BCUT2D eigenvalue weighted by Gasteiger charge is -2.10. The molecule has 3 rings (SSSR count). The molecule has 1 atom stereocenters. The van der Waals surface area contributed by atoms with E-state index >= 15 is 0 Å². The van der Waals surface area contributed by atoms with Crippen molar-refractivity contribution in [1.29, 1.82) is 0 Å². The Morgan fingerprint density at radius 2 is 2.17 bits per heavy atom. The molecule has 0 spiro atoms. The Labute approximate surface area is 142 Å². The van der Waals surface area contributed by atoms with Crippen LogP contribution in [0.2, 0.25) is 0 Å². The van der Waals surface area contributed by atoms with E-state index in [0.29, 0.717) is 11.1 Å². The minimum absolute atomic E-state index is 0.0389. The molecular weight excluding hydrogens is 352 g/mol. The van der Waals surface area contributed by atoms with E-state index < -0.39 is 21.9 Å². The first-order valence-corrected chi connectivity index (χ1v) is 9.55. The minimum atomic E-state index is -3.74. The van der Waals surface area contributed by atoms with Crippen LogP contribution in [0, 0.1) is 0 Å². The average Bonchev–Trinajstić information content (AvgIpc) is 3.16. The van der Waals surface area contributed by atoms with Gasteiger partial charge in [-0.15, -0.1) is 11.3 Å². The minimum Gasteiger partial charge on any atom is -0.408 e. The fourth-order valence-electron chi connectivity index (χ4n) is 2.31. The van der Waals surface area contributed by atoms with Gasteiger partial charge in [0, 0.05) is 18.5 Å². The Bertz CT molecular complexity index is 1000. The van der Waals surface area contributed by atoms with Crippen LogP contribution in [0.5, 0.6) is 0 Å². The number of aryl methyl sites for hydroxylation is 1. The molecule has 0 aliphatic heterocycles. The fourth-order valence-corrected chi connectivity index (χ4v) is 4.12. The molecule has 0 aliphatic carbocycles. The fraction of sp³-hybridized carbons (Fsp3) is 0.267. The first-order chi connectivity index (χ1) is 11.4. The Morgan fingerprint density at radius 1 is 1.38 bits per heavy atom. The van der Waals surface area contributed by atoms with Gasteiger partial charge >= 0.3 is 5.76 Å². The highest BCUT2D eigenvalue weighted by Crippen LogP contribution is 2.22. The van der Waals surface area contributed by atoms with Crippen LogP contribution in [0.3, 0.4) is 0 Å². The Balaban J connectivity index is 1.73. The summed E-state index contributed by atoms with van der Waals surface area (Å²) in [7, 11) is -2.23. The number of oxazole rings is 1. The van der Waals surface area contributed by atoms with Crippen LogP contribution in [0.4, 0.5) is 0 Å². The van der Waals surface area contributed by atoms with Gasteiger partial charge in [-0.25, -0.2) is 17.9 Å². The normalized spacial score (nSPS) is 13.4. The number of hydrogen-bond donors (Lipinski definition) is 2. The number of aromatic nitrogens is 1. The summed E-state index contributed by atoms with van der Waals surface area (Å²) in [6.07, 6.45) is -0.434. The SMILES string of the molecule is Cn1c(=O)oc2ccc(S(=O)(=O)NCCC(O)c3cccs3)cc21. The van der Waals surface area contributed by atoms with E-state index in [1.54, 1.807) is 6.07 Å². The standard InChI is InChI=1S/C15H16N2O5S2/c1-17-11-9-10(4-5-13(11)22-15(17)19)24(20,21)16-7-6-12(18)14-3-2-8-23-14/h2-5,8-9,12,16,18H,6-7H2,1H3. The Kier molecular flexibility index (Phi) is 4.59. The molecule has 2 aromatic heterocycles. The second-order valence-corrected chi connectivity index (χ2v) is 8.02. The van der Waals surface area contributed by atoms with Crippen LogP contribution in [0.1, 0.15) is 17.4 Å². The van der Waals surface area contributed by atoms with Crippen molar-refractivity contribution in [3.8, 4) is 0 Å². The van der Waals surface area contributed by atoms with Crippen molar-refractivity contribution in [2.24, 2.45) is 7.05 Å². The highest BCUT2D eigenvalue weighted by atomic mass is 32.2. The first kappa shape index (κ1) is 16.9. The van der Waals surface area contributed by atoms with E-state index in [4.69, 9.17) is 4.42 Å². The largest absolute Gasteiger partial charge is 0.419 e. The summed E-state index contributed by atoms with van der Waals surface area (Å²) in [6.45, 7) is 0.101. The third-order valence-electron chi connectivity index (χ3n) is 3.65. The molecule has 128 valence electrons. The molecule has 1 aromatic carbocycles. The van der Waals surface area contributed by atoms with Gasteiger partial charge in [-0.3, -0.25) is 4.57 Å². The molecule has 3 aromatic rings. The maximum atomic E-state index is 12.4. The number of nitrogens with zero attached hydrogens (tertiary/aromatic N) is 1. The van der Waals surface area contributed by atoms with E-state index in [1.165, 1.54) is 41.2 Å². The zero-order valence-electron chi connectivity index (χ0n) is 12.8. The molecule has 0 radical (unpaired) electrons. The molecule has 24 heavy (non-hydrogen) atoms. The maximum absolute atomic E-state index is 12.4. The number of aliphatic hydroxyl groups is 1. The lowest BCUT2D eigenvalue weighted by molar-refractivity contribution is 0.173. The van der Waals surface area contributed by atoms with Crippen molar-refractivity contribution in [2.75, 3.05) is 6.54 Å². The number of rotatable bonds is 6. The topological polar surface area (TPSA) is 102 Å². The summed E-state index contributed by atoms with van der Waals surface area (Å²) in [5.41, 5.74) is 0.732. The van der Waals surface area contributed by atoms with Crippen LogP contribution in [-0.4, -0.2) is 24.6 Å². The van der Waals surface area contributed by atoms with Crippen molar-refractivity contribution in [3.05, 3.63) is 51.1 Å². The molecule has 0 aliphatic rings. The van der Waals surface area contributed by atoms with Gasteiger partial charge in [0.2, 0.25) is 10.0 Å². The number of benzene rings is 1. The zero-order chi connectivity index (χ0) is 17.3. The summed E-state index contributed by atoms with van der Waals surface area (Å²) in [6, 6.07) is 7.85. The van der Waals surface area contributed by atoms with Crippen molar-refractivity contribution in [1.82, 2.24) is 9.29 Å². The van der Waals surface area contributed by atoms with Crippen molar-refractivity contribution < 1.29 is 17.9 Å². The van der Waals surface area contributed by atoms with E-state index in [1.807, 2.05) is 11.4 Å². The lowest BCUT2D eigenvalue weighted by Crippen LogP contribution is -2.26. The van der Waals surface area contributed by atoms with Gasteiger partial charge in [-0.05, 0) is 36.1 Å². The van der Waals surface area contributed by atoms with E-state index in [9.17, 15) is 18.3 Å². The molecular formula is C15H16N2O5S2. The number of thiophene rings is 1. The van der Waals surface area contributed by atoms with Gasteiger partial charge in [-0.2, -0.15) is 0 Å². The second kappa shape index (κ2) is 6.52. The molecule has 0 fully saturated rings. The summed E-state index contributed by atoms with van der Waals surface area (Å²) < 4.78 is 33.4. The van der Waals surface area contributed by atoms with Crippen LogP contribution in [0.15, 0.2) is 49.8 Å². The number of sulfonamides is 1. The number of nitrogens with one attached hydrogen (secondary N) is 1. The van der Waals surface area contributed by atoms with Gasteiger partial charge in [0.1, 0.15) is 0 Å². The van der Waals surface area contributed by atoms with Crippen molar-refractivity contribution in [3.63, 3.8) is 0 Å². The predicted octanol–water partition coefficient (Wildman–Crippen LogP) is 1.59. The maximum Gasteiger partial charge on any atom is 0.419 e. The van der Waals surface area contributed by atoms with E-state index in [2.05, 4.69) is 4.72 Å². The molecule has 0 saturated heterocycles. The van der Waals surface area contributed by atoms with Crippen molar-refractivity contribution >= 4 is 32.5 Å². The monoisotopic (exact) mass is 368 g/mol. The summed E-state index contributed by atoms with van der Waals surface area (Å²) in [5, 5.41) is 11.8. The molecule has 9 heteroatoms. The Morgan fingerprint density at radius 3 is 2.88 bits per heavy atom. The van der Waals surface area contributed by atoms with Gasteiger partial charge in [0.05, 0.1) is 16.5 Å². The van der Waals surface area contributed by atoms with Gasteiger partial charge in [0.25, 0.3) is 0 Å². The summed E-state index contributed by atoms with van der Waals surface area (Å²) >= 11 is 1.42. The van der Waals surface area contributed by atoms with E-state index in [-0.39, 0.29) is 17.9 Å². The lowest BCUT2D eigenvalue weighted by atomic mass is 10.2. The quantitative estimate of drug-likeness (QED) is 0.688. The molecule has 0 bridgehead atoms. The summed E-state index contributed by atoms with van der Waals surface area (Å²) in [4.78, 5) is 12.3. The highest BCUT2D eigenvalue weighted by molar-refractivity contribution is 7.89. The molecule has 1 unspecified atom stereocenters. The molecule has 0 amide bonds. The molecule has 2 N–H and O–H groups in total. The van der Waals surface area contributed by atoms with Crippen molar-refractivity contribution in [2.45, 2.75) is 17.4 Å². The third kappa shape index (κ3) is 3.29. The van der Waals surface area contributed by atoms with Crippen LogP contribution in [0.25, 0.3) is 11.1 Å². The van der Waals surface area contributed by atoms with Gasteiger partial charge in [-0.1, -0.05) is 6.07 Å². The highest BCUT2D eigenvalue weighted by Gasteiger charge is 2.17. The molecule has 0 saturated carbocycles. The van der Waals surface area contributed by atoms with Crippen LogP contribution in [-0.2, 0) is 17.1 Å². The smallest absolute Gasteiger partial charge is 0.408 e. The second-order valence-electron chi connectivity index (χ2n) is 5.27. The third-order valence-corrected chi connectivity index (χ3v) is 6.09. The van der Waals surface area contributed by atoms with E-state index in [0.717, 1.165) is 4.88 Å². The van der Waals surface area contributed by atoms with Crippen LogP contribution < -0.4 is 10.5 Å². The predicted molar refractivity (Wildman–Crippen MR) is 90.5 cm³/mol. The van der Waals surface area contributed by atoms with Gasteiger partial charge < -0.3 is 9.52 Å².